The van der Waals surface area contributed by atoms with E-state index < -0.39 is 17.7 Å². The van der Waals surface area contributed by atoms with Gasteiger partial charge in [-0.25, -0.2) is 4.79 Å². The van der Waals surface area contributed by atoms with Gasteiger partial charge in [-0.3, -0.25) is 0 Å². The second-order valence-electron chi connectivity index (χ2n) is 4.58. The maximum Gasteiger partial charge on any atom is 0.407 e. The highest BCUT2D eigenvalue weighted by molar-refractivity contribution is 5.68. The van der Waals surface area contributed by atoms with E-state index in [1.807, 2.05) is 30.3 Å². The van der Waals surface area contributed by atoms with Crippen LogP contribution in [0.15, 0.2) is 30.3 Å². The molecule has 17 heavy (non-hydrogen) atoms. The van der Waals surface area contributed by atoms with Gasteiger partial charge in [0.1, 0.15) is 6.61 Å². The first-order valence-corrected chi connectivity index (χ1v) is 5.59. The number of aliphatic hydroxyl groups is 1. The number of benzene rings is 1. The number of alkyl carbamates (subject to hydrolysis) is 1. The summed E-state index contributed by atoms with van der Waals surface area (Å²) in [4.78, 5) is 11.5. The summed E-state index contributed by atoms with van der Waals surface area (Å²) in [7, 11) is 0. The van der Waals surface area contributed by atoms with Crippen molar-refractivity contribution in [1.29, 1.82) is 0 Å². The quantitative estimate of drug-likeness (QED) is 0.842. The van der Waals surface area contributed by atoms with Crippen LogP contribution in [0.4, 0.5) is 4.79 Å². The Balaban J connectivity index is 2.41. The number of ether oxygens (including phenoxy) is 1. The normalized spacial score (nSPS) is 12.9. The van der Waals surface area contributed by atoms with Crippen molar-refractivity contribution in [3.05, 3.63) is 35.9 Å². The molecule has 0 heterocycles. The van der Waals surface area contributed by atoms with Crippen LogP contribution in [0.2, 0.25) is 0 Å². The van der Waals surface area contributed by atoms with E-state index in [1.54, 1.807) is 20.8 Å². The molecule has 0 aliphatic heterocycles. The van der Waals surface area contributed by atoms with Gasteiger partial charge in [0.15, 0.2) is 0 Å². The monoisotopic (exact) mass is 237 g/mol. The number of carbonyl (C=O) groups excluding carboxylic acids is 1. The fourth-order valence-corrected chi connectivity index (χ4v) is 1.13. The van der Waals surface area contributed by atoms with E-state index in [-0.39, 0.29) is 6.61 Å². The van der Waals surface area contributed by atoms with Crippen molar-refractivity contribution in [2.24, 2.45) is 0 Å². The molecule has 1 amide bonds. The molecule has 1 aromatic carbocycles. The van der Waals surface area contributed by atoms with Gasteiger partial charge in [-0.15, -0.1) is 0 Å². The summed E-state index contributed by atoms with van der Waals surface area (Å²) < 4.78 is 5.05. The van der Waals surface area contributed by atoms with Crippen molar-refractivity contribution in [3.8, 4) is 0 Å². The first kappa shape index (κ1) is 13.5. The Labute approximate surface area is 102 Å². The van der Waals surface area contributed by atoms with Crippen LogP contribution >= 0.6 is 0 Å². The first-order valence-electron chi connectivity index (χ1n) is 5.59. The second kappa shape index (κ2) is 5.68. The molecule has 0 aliphatic carbocycles. The summed E-state index contributed by atoms with van der Waals surface area (Å²) in [6.45, 7) is 5.32. The van der Waals surface area contributed by atoms with Gasteiger partial charge in [0.25, 0.3) is 0 Å². The third-order valence-electron chi connectivity index (χ3n) is 2.68. The van der Waals surface area contributed by atoms with E-state index in [1.165, 1.54) is 0 Å². The molecule has 0 fully saturated rings. The highest BCUT2D eigenvalue weighted by Gasteiger charge is 2.26. The summed E-state index contributed by atoms with van der Waals surface area (Å²) >= 11 is 0. The maximum atomic E-state index is 11.5. The van der Waals surface area contributed by atoms with E-state index in [4.69, 9.17) is 4.74 Å². The standard InChI is InChI=1S/C13H19NO3/c1-10(15)13(2,3)14-12(16)17-9-11-7-5-4-6-8-11/h4-8,10,15H,9H2,1-3H3,(H,14,16). The Bertz CT molecular complexity index is 360. The van der Waals surface area contributed by atoms with Crippen LogP contribution in [0.25, 0.3) is 0 Å². The van der Waals surface area contributed by atoms with Crippen LogP contribution in [0.5, 0.6) is 0 Å². The van der Waals surface area contributed by atoms with E-state index in [0.717, 1.165) is 5.56 Å². The molecule has 0 radical (unpaired) electrons. The summed E-state index contributed by atoms with van der Waals surface area (Å²) in [5, 5.41) is 12.1. The molecule has 0 saturated carbocycles. The Kier molecular flexibility index (Phi) is 4.52. The number of amides is 1. The van der Waals surface area contributed by atoms with E-state index >= 15 is 0 Å². The van der Waals surface area contributed by atoms with Crippen LogP contribution in [-0.4, -0.2) is 22.8 Å². The van der Waals surface area contributed by atoms with Crippen LogP contribution in [-0.2, 0) is 11.3 Å². The minimum Gasteiger partial charge on any atom is -0.445 e. The van der Waals surface area contributed by atoms with Crippen molar-refractivity contribution in [2.75, 3.05) is 0 Å². The first-order chi connectivity index (χ1) is 7.92. The van der Waals surface area contributed by atoms with E-state index in [9.17, 15) is 9.90 Å². The highest BCUT2D eigenvalue weighted by atomic mass is 16.5. The molecule has 1 atom stereocenters. The predicted molar refractivity (Wildman–Crippen MR) is 65.5 cm³/mol. The summed E-state index contributed by atoms with van der Waals surface area (Å²) in [6, 6.07) is 9.44. The Morgan fingerprint density at radius 2 is 2.00 bits per heavy atom. The number of rotatable bonds is 4. The van der Waals surface area contributed by atoms with Crippen molar-refractivity contribution >= 4 is 6.09 Å². The summed E-state index contributed by atoms with van der Waals surface area (Å²) in [5.41, 5.74) is 0.228. The largest absolute Gasteiger partial charge is 0.445 e. The van der Waals surface area contributed by atoms with Gasteiger partial charge in [-0.05, 0) is 26.3 Å². The molecular formula is C13H19NO3. The summed E-state index contributed by atoms with van der Waals surface area (Å²) in [6.07, 6.45) is -1.17. The van der Waals surface area contributed by atoms with Crippen molar-refractivity contribution in [1.82, 2.24) is 5.32 Å². The van der Waals surface area contributed by atoms with E-state index in [2.05, 4.69) is 5.32 Å². The van der Waals surface area contributed by atoms with Gasteiger partial charge >= 0.3 is 6.09 Å². The van der Waals surface area contributed by atoms with Crippen molar-refractivity contribution < 1.29 is 14.6 Å². The molecule has 0 saturated heterocycles. The van der Waals surface area contributed by atoms with Crippen LogP contribution in [0, 0.1) is 0 Å². The second-order valence-corrected chi connectivity index (χ2v) is 4.58. The average molecular weight is 237 g/mol. The molecule has 1 aromatic rings. The maximum absolute atomic E-state index is 11.5. The lowest BCUT2D eigenvalue weighted by Crippen LogP contribution is -2.51. The number of hydrogen-bond donors (Lipinski definition) is 2. The Morgan fingerprint density at radius 3 is 2.53 bits per heavy atom. The Hall–Kier alpha value is -1.55. The lowest BCUT2D eigenvalue weighted by Gasteiger charge is -2.28. The topological polar surface area (TPSA) is 58.6 Å². The van der Waals surface area contributed by atoms with Gasteiger partial charge in [-0.2, -0.15) is 0 Å². The molecule has 0 aromatic heterocycles. The molecule has 94 valence electrons. The number of hydrogen-bond acceptors (Lipinski definition) is 3. The smallest absolute Gasteiger partial charge is 0.407 e. The van der Waals surface area contributed by atoms with Crippen LogP contribution in [0.3, 0.4) is 0 Å². The van der Waals surface area contributed by atoms with Gasteiger partial charge in [0.2, 0.25) is 0 Å². The molecule has 4 nitrogen and oxygen atoms in total. The van der Waals surface area contributed by atoms with Crippen molar-refractivity contribution in [2.45, 2.75) is 39.0 Å². The zero-order chi connectivity index (χ0) is 12.9. The van der Waals surface area contributed by atoms with E-state index in [0.29, 0.717) is 0 Å². The molecule has 0 bridgehead atoms. The van der Waals surface area contributed by atoms with Crippen LogP contribution in [0.1, 0.15) is 26.3 Å². The number of nitrogens with one attached hydrogen (secondary N) is 1. The SMILES string of the molecule is CC(O)C(C)(C)NC(=O)OCc1ccccc1. The number of carbonyl (C=O) groups is 1. The lowest BCUT2D eigenvalue weighted by molar-refractivity contribution is 0.0784. The van der Waals surface area contributed by atoms with Crippen LogP contribution < -0.4 is 5.32 Å². The van der Waals surface area contributed by atoms with Gasteiger partial charge in [-0.1, -0.05) is 30.3 Å². The average Bonchev–Trinajstić information content (AvgIpc) is 2.27. The Morgan fingerprint density at radius 1 is 1.41 bits per heavy atom. The molecule has 1 rings (SSSR count). The fourth-order valence-electron chi connectivity index (χ4n) is 1.13. The van der Waals surface area contributed by atoms with Gasteiger partial charge in [0.05, 0.1) is 11.6 Å². The zero-order valence-corrected chi connectivity index (χ0v) is 10.4. The van der Waals surface area contributed by atoms with Crippen molar-refractivity contribution in [3.63, 3.8) is 0 Å². The number of aliphatic hydroxyl groups excluding tert-OH is 1. The molecule has 1 unspecified atom stereocenters. The minimum atomic E-state index is -0.701. The fraction of sp³-hybridized carbons (Fsp3) is 0.462. The minimum absolute atomic E-state index is 0.225. The summed E-state index contributed by atoms with van der Waals surface area (Å²) in [5.74, 6) is 0. The molecule has 2 N–H and O–H groups in total. The predicted octanol–water partition coefficient (Wildman–Crippen LogP) is 2.07. The van der Waals surface area contributed by atoms with Gasteiger partial charge in [0, 0.05) is 0 Å². The molecule has 0 aliphatic rings. The van der Waals surface area contributed by atoms with Gasteiger partial charge < -0.3 is 15.2 Å². The lowest BCUT2D eigenvalue weighted by atomic mass is 9.99. The molecule has 4 heteroatoms. The zero-order valence-electron chi connectivity index (χ0n) is 10.4. The highest BCUT2D eigenvalue weighted by Crippen LogP contribution is 2.09. The third-order valence-corrected chi connectivity index (χ3v) is 2.68. The third kappa shape index (κ3) is 4.44. The molecular weight excluding hydrogens is 218 g/mol. The molecule has 0 spiro atoms.